The van der Waals surface area contributed by atoms with Gasteiger partial charge in [0.15, 0.2) is 11.5 Å². The molecular formula is C41H58O4. The van der Waals surface area contributed by atoms with E-state index in [0.717, 1.165) is 37.0 Å². The molecular weight excluding hydrogens is 556 g/mol. The van der Waals surface area contributed by atoms with Gasteiger partial charge in [0.1, 0.15) is 0 Å². The van der Waals surface area contributed by atoms with Gasteiger partial charge in [0.2, 0.25) is 0 Å². The van der Waals surface area contributed by atoms with Gasteiger partial charge in [0.25, 0.3) is 0 Å². The predicted molar refractivity (Wildman–Crippen MR) is 188 cm³/mol. The van der Waals surface area contributed by atoms with E-state index in [9.17, 15) is 4.79 Å². The first-order valence-corrected chi connectivity index (χ1v) is 17.9. The Bertz CT molecular complexity index is 1180. The van der Waals surface area contributed by atoms with E-state index in [4.69, 9.17) is 14.2 Å². The summed E-state index contributed by atoms with van der Waals surface area (Å²) in [5.74, 6) is 0.640. The lowest BCUT2D eigenvalue weighted by Gasteiger charge is -2.14. The van der Waals surface area contributed by atoms with Crippen LogP contribution >= 0.6 is 0 Å². The lowest BCUT2D eigenvalue weighted by molar-refractivity contribution is 0.0627. The minimum absolute atomic E-state index is 0.0759. The Balaban J connectivity index is 1.31. The first kappa shape index (κ1) is 36.4. The van der Waals surface area contributed by atoms with Crippen LogP contribution < -0.4 is 9.47 Å². The molecule has 0 amide bonds. The number of benzene rings is 3. The van der Waals surface area contributed by atoms with Crippen molar-refractivity contribution in [3.63, 3.8) is 0 Å². The first-order chi connectivity index (χ1) is 22.1. The van der Waals surface area contributed by atoms with Gasteiger partial charge in [-0.15, -0.1) is 0 Å². The number of esters is 1. The molecule has 0 radical (unpaired) electrons. The Morgan fingerprint density at radius 3 is 1.60 bits per heavy atom. The molecule has 0 saturated carbocycles. The smallest absolute Gasteiger partial charge is 0.343 e. The molecule has 0 aliphatic rings. The summed E-state index contributed by atoms with van der Waals surface area (Å²) < 4.78 is 17.6. The van der Waals surface area contributed by atoms with Crippen molar-refractivity contribution in [1.82, 2.24) is 0 Å². The summed E-state index contributed by atoms with van der Waals surface area (Å²) in [6.07, 6.45) is 21.2. The Hall–Kier alpha value is -3.11. The highest BCUT2D eigenvalue weighted by molar-refractivity contribution is 5.92. The first-order valence-electron chi connectivity index (χ1n) is 17.9. The summed E-state index contributed by atoms with van der Waals surface area (Å²) in [7, 11) is 0. The second-order valence-corrected chi connectivity index (χ2v) is 12.3. The fraction of sp³-hybridized carbons (Fsp3) is 0.537. The maximum atomic E-state index is 12.8. The van der Waals surface area contributed by atoms with Crippen molar-refractivity contribution in [3.05, 3.63) is 83.9 Å². The third kappa shape index (κ3) is 14.2. The van der Waals surface area contributed by atoms with Crippen LogP contribution in [0, 0.1) is 0 Å². The molecule has 0 aliphatic heterocycles. The molecule has 3 aromatic rings. The van der Waals surface area contributed by atoms with E-state index < -0.39 is 5.97 Å². The third-order valence-electron chi connectivity index (χ3n) is 8.51. The molecule has 3 rings (SSSR count). The maximum Gasteiger partial charge on any atom is 0.343 e. The zero-order chi connectivity index (χ0) is 32.0. The number of unbranched alkanes of at least 4 members (excludes halogenated alkanes) is 14. The SMILES string of the molecule is CCCCCCCCCCCCCCCCOC(C)c1ccc(-c2ccc(C(=O)Oc3ccccc3OCCCC)cc2)cc1. The molecule has 1 unspecified atom stereocenters. The predicted octanol–water partition coefficient (Wildman–Crippen LogP) is 12.3. The van der Waals surface area contributed by atoms with E-state index in [1.807, 2.05) is 42.5 Å². The van der Waals surface area contributed by atoms with Crippen LogP contribution in [0.4, 0.5) is 0 Å². The molecule has 246 valence electrons. The second-order valence-electron chi connectivity index (χ2n) is 12.3. The van der Waals surface area contributed by atoms with Crippen molar-refractivity contribution >= 4 is 5.97 Å². The lowest BCUT2D eigenvalue weighted by atomic mass is 10.0. The van der Waals surface area contributed by atoms with Gasteiger partial charge >= 0.3 is 5.97 Å². The molecule has 0 spiro atoms. The van der Waals surface area contributed by atoms with Gasteiger partial charge in [-0.1, -0.05) is 152 Å². The molecule has 0 bridgehead atoms. The van der Waals surface area contributed by atoms with Crippen LogP contribution in [0.2, 0.25) is 0 Å². The van der Waals surface area contributed by atoms with Crippen molar-refractivity contribution in [2.75, 3.05) is 13.2 Å². The van der Waals surface area contributed by atoms with Crippen LogP contribution in [-0.2, 0) is 4.74 Å². The monoisotopic (exact) mass is 614 g/mol. The minimum Gasteiger partial charge on any atom is -0.490 e. The summed E-state index contributed by atoms with van der Waals surface area (Å²) >= 11 is 0. The van der Waals surface area contributed by atoms with E-state index in [2.05, 4.69) is 45.0 Å². The highest BCUT2D eigenvalue weighted by Gasteiger charge is 2.13. The summed E-state index contributed by atoms with van der Waals surface area (Å²) in [4.78, 5) is 12.8. The third-order valence-corrected chi connectivity index (χ3v) is 8.51. The van der Waals surface area contributed by atoms with Crippen LogP contribution in [0.25, 0.3) is 11.1 Å². The minimum atomic E-state index is -0.395. The largest absolute Gasteiger partial charge is 0.490 e. The lowest BCUT2D eigenvalue weighted by Crippen LogP contribution is -2.09. The highest BCUT2D eigenvalue weighted by Crippen LogP contribution is 2.28. The average Bonchev–Trinajstić information content (AvgIpc) is 3.07. The fourth-order valence-corrected chi connectivity index (χ4v) is 5.54. The van der Waals surface area contributed by atoms with E-state index in [0.29, 0.717) is 23.7 Å². The molecule has 0 saturated heterocycles. The van der Waals surface area contributed by atoms with Gasteiger partial charge in [-0.3, -0.25) is 0 Å². The topological polar surface area (TPSA) is 44.8 Å². The Labute approximate surface area is 273 Å². The number of hydrogen-bond donors (Lipinski definition) is 0. The van der Waals surface area contributed by atoms with Gasteiger partial charge in [0.05, 0.1) is 18.3 Å². The normalized spacial score (nSPS) is 11.8. The zero-order valence-corrected chi connectivity index (χ0v) is 28.4. The van der Waals surface area contributed by atoms with Crippen LogP contribution in [-0.4, -0.2) is 19.2 Å². The number of hydrogen-bond acceptors (Lipinski definition) is 4. The van der Waals surface area contributed by atoms with Gasteiger partial charge in [0, 0.05) is 6.61 Å². The number of rotatable bonds is 24. The molecule has 0 aromatic heterocycles. The van der Waals surface area contributed by atoms with Crippen molar-refractivity contribution in [1.29, 1.82) is 0 Å². The average molecular weight is 615 g/mol. The molecule has 0 heterocycles. The Morgan fingerprint density at radius 2 is 1.04 bits per heavy atom. The van der Waals surface area contributed by atoms with E-state index in [-0.39, 0.29) is 6.10 Å². The van der Waals surface area contributed by atoms with Crippen LogP contribution in [0.1, 0.15) is 146 Å². The van der Waals surface area contributed by atoms with E-state index >= 15 is 0 Å². The molecule has 45 heavy (non-hydrogen) atoms. The molecule has 0 fully saturated rings. The summed E-state index contributed by atoms with van der Waals surface area (Å²) in [5.41, 5.74) is 3.85. The highest BCUT2D eigenvalue weighted by atomic mass is 16.6. The Morgan fingerprint density at radius 1 is 0.556 bits per heavy atom. The molecule has 0 aliphatic carbocycles. The molecule has 0 N–H and O–H groups in total. The van der Waals surface area contributed by atoms with Gasteiger partial charge in [-0.25, -0.2) is 4.79 Å². The van der Waals surface area contributed by atoms with Gasteiger partial charge < -0.3 is 14.2 Å². The van der Waals surface area contributed by atoms with Crippen molar-refractivity contribution in [3.8, 4) is 22.6 Å². The Kier molecular flexibility index (Phi) is 18.1. The number of ether oxygens (including phenoxy) is 3. The van der Waals surface area contributed by atoms with Crippen molar-refractivity contribution in [2.45, 2.75) is 130 Å². The second kappa shape index (κ2) is 22.4. The summed E-state index contributed by atoms with van der Waals surface area (Å²) in [6.45, 7) is 7.94. The molecule has 3 aromatic carbocycles. The van der Waals surface area contributed by atoms with Crippen LogP contribution in [0.15, 0.2) is 72.8 Å². The number of para-hydroxylation sites is 2. The summed E-state index contributed by atoms with van der Waals surface area (Å²) in [6, 6.07) is 23.4. The zero-order valence-electron chi connectivity index (χ0n) is 28.4. The standard InChI is InChI=1S/C41H58O4/c1-4-6-8-9-10-11-12-13-14-15-16-17-18-21-33-43-34(3)35-24-26-36(27-25-35)37-28-30-38(31-29-37)41(42)45-40-23-20-19-22-39(40)44-32-7-5-2/h19-20,22-31,34H,4-18,21,32-33H2,1-3H3. The van der Waals surface area contributed by atoms with Gasteiger partial charge in [-0.2, -0.15) is 0 Å². The van der Waals surface area contributed by atoms with Crippen LogP contribution in [0.5, 0.6) is 11.5 Å². The van der Waals surface area contributed by atoms with E-state index in [1.165, 1.54) is 89.0 Å². The molecule has 4 heteroatoms. The number of carbonyl (C=O) groups excluding carboxylic acids is 1. The van der Waals surface area contributed by atoms with Gasteiger partial charge in [-0.05, 0) is 60.7 Å². The molecule has 4 nitrogen and oxygen atoms in total. The van der Waals surface area contributed by atoms with Crippen molar-refractivity contribution < 1.29 is 19.0 Å². The van der Waals surface area contributed by atoms with Crippen LogP contribution in [0.3, 0.4) is 0 Å². The van der Waals surface area contributed by atoms with E-state index in [1.54, 1.807) is 6.07 Å². The number of carbonyl (C=O) groups is 1. The quantitative estimate of drug-likeness (QED) is 0.0572. The fourth-order valence-electron chi connectivity index (χ4n) is 5.54. The van der Waals surface area contributed by atoms with Crippen molar-refractivity contribution in [2.24, 2.45) is 0 Å². The molecule has 1 atom stereocenters. The maximum absolute atomic E-state index is 12.8. The summed E-state index contributed by atoms with van der Waals surface area (Å²) in [5, 5.41) is 0.